The lowest BCUT2D eigenvalue weighted by molar-refractivity contribution is 0.365. The molecule has 1 aromatic heterocycles. The van der Waals surface area contributed by atoms with Gasteiger partial charge in [0.2, 0.25) is 0 Å². The summed E-state index contributed by atoms with van der Waals surface area (Å²) in [4.78, 5) is 4.02. The Labute approximate surface area is 72.6 Å². The number of rotatable bonds is 2. The van der Waals surface area contributed by atoms with Gasteiger partial charge in [-0.05, 0) is 24.5 Å². The van der Waals surface area contributed by atoms with Gasteiger partial charge in [0.1, 0.15) is 6.17 Å². The molecule has 0 bridgehead atoms. The Kier molecular flexibility index (Phi) is 2.79. The van der Waals surface area contributed by atoms with Crippen LogP contribution in [0.5, 0.6) is 0 Å². The first-order valence-corrected chi connectivity index (χ1v) is 4.21. The van der Waals surface area contributed by atoms with Gasteiger partial charge in [-0.3, -0.25) is 4.98 Å². The van der Waals surface area contributed by atoms with Crippen molar-refractivity contribution in [1.29, 1.82) is 0 Å². The van der Waals surface area contributed by atoms with E-state index in [1.165, 1.54) is 6.92 Å². The van der Waals surface area contributed by atoms with Crippen molar-refractivity contribution in [2.75, 3.05) is 0 Å². The van der Waals surface area contributed by atoms with Gasteiger partial charge >= 0.3 is 0 Å². The fourth-order valence-electron chi connectivity index (χ4n) is 0.994. The van der Waals surface area contributed by atoms with Crippen molar-refractivity contribution < 1.29 is 4.39 Å². The zero-order chi connectivity index (χ0) is 9.14. The largest absolute Gasteiger partial charge is 0.258 e. The fraction of sp³-hybridized carbons (Fsp3) is 0.500. The molecule has 1 atom stereocenters. The number of nitrogens with zero attached hydrogens (tertiary/aromatic N) is 1. The fourth-order valence-corrected chi connectivity index (χ4v) is 0.994. The first-order chi connectivity index (χ1) is 5.61. The van der Waals surface area contributed by atoms with E-state index in [-0.39, 0.29) is 0 Å². The van der Waals surface area contributed by atoms with Crippen molar-refractivity contribution in [2.45, 2.75) is 32.9 Å². The minimum Gasteiger partial charge on any atom is -0.258 e. The zero-order valence-corrected chi connectivity index (χ0v) is 7.71. The van der Waals surface area contributed by atoms with Crippen LogP contribution in [0.2, 0.25) is 0 Å². The van der Waals surface area contributed by atoms with Crippen LogP contribution in [0.15, 0.2) is 18.3 Å². The molecule has 0 radical (unpaired) electrons. The van der Waals surface area contributed by atoms with Gasteiger partial charge in [-0.25, -0.2) is 4.39 Å². The van der Waals surface area contributed by atoms with Crippen molar-refractivity contribution in [3.63, 3.8) is 0 Å². The number of aromatic nitrogens is 1. The standard InChI is InChI=1S/C10H14FN/c1-7(2)9-4-5-10(8(3)11)12-6-9/h4-8H,1-3H3. The van der Waals surface area contributed by atoms with Gasteiger partial charge in [-0.2, -0.15) is 0 Å². The number of hydrogen-bond donors (Lipinski definition) is 0. The smallest absolute Gasteiger partial charge is 0.139 e. The van der Waals surface area contributed by atoms with Crippen molar-refractivity contribution >= 4 is 0 Å². The van der Waals surface area contributed by atoms with Crippen LogP contribution >= 0.6 is 0 Å². The normalized spacial score (nSPS) is 13.4. The highest BCUT2D eigenvalue weighted by Crippen LogP contribution is 2.17. The Bertz CT molecular complexity index is 212. The molecule has 66 valence electrons. The highest BCUT2D eigenvalue weighted by atomic mass is 19.1. The second-order valence-corrected chi connectivity index (χ2v) is 3.29. The average molecular weight is 167 g/mol. The van der Waals surface area contributed by atoms with Gasteiger partial charge in [-0.15, -0.1) is 0 Å². The molecule has 0 amide bonds. The third-order valence-corrected chi connectivity index (χ3v) is 1.88. The van der Waals surface area contributed by atoms with E-state index in [1.54, 1.807) is 12.3 Å². The molecule has 0 saturated carbocycles. The summed E-state index contributed by atoms with van der Waals surface area (Å²) < 4.78 is 12.7. The first-order valence-electron chi connectivity index (χ1n) is 4.21. The predicted molar refractivity (Wildman–Crippen MR) is 47.8 cm³/mol. The van der Waals surface area contributed by atoms with Crippen molar-refractivity contribution in [3.8, 4) is 0 Å². The Hall–Kier alpha value is -0.920. The Morgan fingerprint density at radius 2 is 1.92 bits per heavy atom. The van der Waals surface area contributed by atoms with Crippen LogP contribution in [0.1, 0.15) is 44.1 Å². The molecule has 0 aliphatic heterocycles. The first kappa shape index (κ1) is 9.17. The molecule has 0 spiro atoms. The third-order valence-electron chi connectivity index (χ3n) is 1.88. The maximum absolute atomic E-state index is 12.7. The maximum atomic E-state index is 12.7. The molecule has 0 aromatic carbocycles. The molecule has 12 heavy (non-hydrogen) atoms. The monoisotopic (exact) mass is 167 g/mol. The number of halogens is 1. The molecule has 1 nitrogen and oxygen atoms in total. The van der Waals surface area contributed by atoms with Crippen LogP contribution in [0.25, 0.3) is 0 Å². The highest BCUT2D eigenvalue weighted by Gasteiger charge is 2.04. The van der Waals surface area contributed by atoms with Gasteiger partial charge < -0.3 is 0 Å². The minimum absolute atomic E-state index is 0.460. The van der Waals surface area contributed by atoms with Gasteiger partial charge in [0.25, 0.3) is 0 Å². The van der Waals surface area contributed by atoms with E-state index in [0.29, 0.717) is 11.6 Å². The summed E-state index contributed by atoms with van der Waals surface area (Å²) >= 11 is 0. The molecular weight excluding hydrogens is 153 g/mol. The molecule has 0 aliphatic rings. The average Bonchev–Trinajstić information content (AvgIpc) is 2.04. The summed E-state index contributed by atoms with van der Waals surface area (Å²) in [6, 6.07) is 3.68. The lowest BCUT2D eigenvalue weighted by Gasteiger charge is -2.05. The second-order valence-electron chi connectivity index (χ2n) is 3.29. The van der Waals surface area contributed by atoms with E-state index in [4.69, 9.17) is 0 Å². The van der Waals surface area contributed by atoms with Gasteiger partial charge in [0.05, 0.1) is 5.69 Å². The van der Waals surface area contributed by atoms with E-state index in [2.05, 4.69) is 18.8 Å². The minimum atomic E-state index is -0.966. The van der Waals surface area contributed by atoms with Crippen LogP contribution < -0.4 is 0 Å². The lowest BCUT2D eigenvalue weighted by Crippen LogP contribution is -1.93. The van der Waals surface area contributed by atoms with Crippen LogP contribution in [-0.2, 0) is 0 Å². The van der Waals surface area contributed by atoms with E-state index >= 15 is 0 Å². The van der Waals surface area contributed by atoms with Crippen molar-refractivity contribution in [3.05, 3.63) is 29.6 Å². The van der Waals surface area contributed by atoms with Crippen molar-refractivity contribution in [1.82, 2.24) is 4.98 Å². The van der Waals surface area contributed by atoms with E-state index in [9.17, 15) is 4.39 Å². The number of alkyl halides is 1. The molecule has 0 aliphatic carbocycles. The summed E-state index contributed by atoms with van der Waals surface area (Å²) in [5.41, 5.74) is 1.67. The SMILES string of the molecule is CC(C)c1ccc(C(C)F)nc1. The van der Waals surface area contributed by atoms with Crippen molar-refractivity contribution in [2.24, 2.45) is 0 Å². The molecule has 2 heteroatoms. The molecule has 0 fully saturated rings. The molecule has 0 saturated heterocycles. The molecular formula is C10H14FN. The van der Waals surface area contributed by atoms with Gasteiger partial charge in [0.15, 0.2) is 0 Å². The summed E-state index contributed by atoms with van der Waals surface area (Å²) in [5, 5.41) is 0. The lowest BCUT2D eigenvalue weighted by atomic mass is 10.1. The van der Waals surface area contributed by atoms with E-state index in [0.717, 1.165) is 5.56 Å². The highest BCUT2D eigenvalue weighted by molar-refractivity contribution is 5.17. The summed E-state index contributed by atoms with van der Waals surface area (Å²) in [6.45, 7) is 5.68. The topological polar surface area (TPSA) is 12.9 Å². The van der Waals surface area contributed by atoms with Crippen LogP contribution in [-0.4, -0.2) is 4.98 Å². The predicted octanol–water partition coefficient (Wildman–Crippen LogP) is 3.24. The quantitative estimate of drug-likeness (QED) is 0.659. The number of pyridine rings is 1. The third kappa shape index (κ3) is 2.03. The number of hydrogen-bond acceptors (Lipinski definition) is 1. The molecule has 1 heterocycles. The van der Waals surface area contributed by atoms with Crippen LogP contribution in [0, 0.1) is 0 Å². The summed E-state index contributed by atoms with van der Waals surface area (Å²) in [5.74, 6) is 0.460. The summed E-state index contributed by atoms with van der Waals surface area (Å²) in [6.07, 6.45) is 0.780. The molecule has 0 N–H and O–H groups in total. The maximum Gasteiger partial charge on any atom is 0.139 e. The molecule has 1 rings (SSSR count). The Morgan fingerprint density at radius 3 is 2.25 bits per heavy atom. The van der Waals surface area contributed by atoms with Gasteiger partial charge in [-0.1, -0.05) is 19.9 Å². The Morgan fingerprint density at radius 1 is 1.25 bits per heavy atom. The Balaban J connectivity index is 2.86. The second kappa shape index (κ2) is 3.65. The molecule has 1 unspecified atom stereocenters. The van der Waals surface area contributed by atoms with Crippen LogP contribution in [0.4, 0.5) is 4.39 Å². The van der Waals surface area contributed by atoms with Gasteiger partial charge in [0, 0.05) is 6.20 Å². The molecule has 1 aromatic rings. The zero-order valence-electron chi connectivity index (χ0n) is 7.71. The summed E-state index contributed by atoms with van der Waals surface area (Å²) in [7, 11) is 0. The van der Waals surface area contributed by atoms with E-state index < -0.39 is 6.17 Å². The van der Waals surface area contributed by atoms with Crippen LogP contribution in [0.3, 0.4) is 0 Å². The van der Waals surface area contributed by atoms with E-state index in [1.807, 2.05) is 6.07 Å².